The van der Waals surface area contributed by atoms with E-state index in [1.54, 1.807) is 18.2 Å². The Hall–Kier alpha value is -2.24. The van der Waals surface area contributed by atoms with Crippen LogP contribution in [0.1, 0.15) is 24.2 Å². The van der Waals surface area contributed by atoms with Gasteiger partial charge in [-0.2, -0.15) is 0 Å². The van der Waals surface area contributed by atoms with Crippen LogP contribution in [0.2, 0.25) is 0 Å². The molecule has 1 atom stereocenters. The summed E-state index contributed by atoms with van der Waals surface area (Å²) >= 11 is 0. The molecule has 1 amide bonds. The zero-order valence-electron chi connectivity index (χ0n) is 12.3. The van der Waals surface area contributed by atoms with E-state index in [2.05, 4.69) is 5.32 Å². The van der Waals surface area contributed by atoms with E-state index in [9.17, 15) is 9.59 Å². The van der Waals surface area contributed by atoms with Gasteiger partial charge in [0.05, 0.1) is 7.11 Å². The highest BCUT2D eigenvalue weighted by molar-refractivity contribution is 5.97. The van der Waals surface area contributed by atoms with Gasteiger partial charge in [0, 0.05) is 5.56 Å². The summed E-state index contributed by atoms with van der Waals surface area (Å²) in [5.74, 6) is 0.268. The largest absolute Gasteiger partial charge is 0.486 e. The van der Waals surface area contributed by atoms with E-state index in [0.717, 1.165) is 0 Å². The van der Waals surface area contributed by atoms with Gasteiger partial charge in [0.1, 0.15) is 19.3 Å². The van der Waals surface area contributed by atoms with E-state index in [0.29, 0.717) is 30.3 Å². The second-order valence-electron chi connectivity index (χ2n) is 5.08. The summed E-state index contributed by atoms with van der Waals surface area (Å²) in [7, 11) is 1.30. The van der Waals surface area contributed by atoms with E-state index < -0.39 is 12.0 Å². The highest BCUT2D eigenvalue weighted by atomic mass is 16.6. The first-order valence-electron chi connectivity index (χ1n) is 6.81. The van der Waals surface area contributed by atoms with Gasteiger partial charge in [0.15, 0.2) is 11.5 Å². The number of ether oxygens (including phenoxy) is 3. The molecule has 0 fully saturated rings. The molecule has 1 N–H and O–H groups in total. The third kappa shape index (κ3) is 3.45. The van der Waals surface area contributed by atoms with Crippen molar-refractivity contribution in [2.75, 3.05) is 20.3 Å². The zero-order chi connectivity index (χ0) is 15.4. The van der Waals surface area contributed by atoms with Gasteiger partial charge < -0.3 is 19.5 Å². The molecule has 0 aromatic heterocycles. The Balaban J connectivity index is 2.14. The summed E-state index contributed by atoms with van der Waals surface area (Å²) < 4.78 is 15.5. The SMILES string of the molecule is COC(=O)[C@H](NC(=O)c1ccc2c(c1)OCCO2)C(C)C. The number of methoxy groups -OCH3 is 1. The predicted molar refractivity (Wildman–Crippen MR) is 75.5 cm³/mol. The smallest absolute Gasteiger partial charge is 0.328 e. The molecular weight excluding hydrogens is 274 g/mol. The summed E-state index contributed by atoms with van der Waals surface area (Å²) in [5, 5.41) is 2.68. The van der Waals surface area contributed by atoms with Gasteiger partial charge in [0.25, 0.3) is 5.91 Å². The van der Waals surface area contributed by atoms with Gasteiger partial charge in [-0.25, -0.2) is 4.79 Å². The summed E-state index contributed by atoms with van der Waals surface area (Å²) in [6.45, 7) is 4.63. The quantitative estimate of drug-likeness (QED) is 0.849. The minimum atomic E-state index is -0.685. The number of amides is 1. The fourth-order valence-corrected chi connectivity index (χ4v) is 2.03. The van der Waals surface area contributed by atoms with Crippen LogP contribution in [0.25, 0.3) is 0 Å². The lowest BCUT2D eigenvalue weighted by molar-refractivity contribution is -0.144. The van der Waals surface area contributed by atoms with Gasteiger partial charge in [-0.05, 0) is 24.1 Å². The maximum Gasteiger partial charge on any atom is 0.328 e. The first-order chi connectivity index (χ1) is 10.0. The molecule has 0 saturated carbocycles. The molecule has 6 nitrogen and oxygen atoms in total. The number of fused-ring (bicyclic) bond motifs is 1. The average Bonchev–Trinajstić information content (AvgIpc) is 2.50. The zero-order valence-corrected chi connectivity index (χ0v) is 12.3. The molecular formula is C15H19NO5. The molecule has 0 bridgehead atoms. The Morgan fingerprint density at radius 1 is 1.19 bits per heavy atom. The normalized spacial score (nSPS) is 14.5. The lowest BCUT2D eigenvalue weighted by Gasteiger charge is -2.21. The number of rotatable bonds is 4. The summed E-state index contributed by atoms with van der Waals surface area (Å²) in [6, 6.07) is 4.25. The number of carbonyl (C=O) groups excluding carboxylic acids is 2. The monoisotopic (exact) mass is 293 g/mol. The molecule has 0 aliphatic carbocycles. The van der Waals surface area contributed by atoms with Crippen LogP contribution in [0.3, 0.4) is 0 Å². The number of benzene rings is 1. The first-order valence-corrected chi connectivity index (χ1v) is 6.81. The van der Waals surface area contributed by atoms with E-state index >= 15 is 0 Å². The van der Waals surface area contributed by atoms with Crippen molar-refractivity contribution in [3.63, 3.8) is 0 Å². The molecule has 0 radical (unpaired) electrons. The van der Waals surface area contributed by atoms with Crippen molar-refractivity contribution in [2.24, 2.45) is 5.92 Å². The van der Waals surface area contributed by atoms with Crippen molar-refractivity contribution in [2.45, 2.75) is 19.9 Å². The van der Waals surface area contributed by atoms with Gasteiger partial charge in [-0.15, -0.1) is 0 Å². The first kappa shape index (κ1) is 15.2. The van der Waals surface area contributed by atoms with E-state index in [1.165, 1.54) is 7.11 Å². The van der Waals surface area contributed by atoms with Crippen molar-refractivity contribution in [3.05, 3.63) is 23.8 Å². The standard InChI is InChI=1S/C15H19NO5/c1-9(2)13(15(18)19-3)16-14(17)10-4-5-11-12(8-10)21-7-6-20-11/h4-5,8-9,13H,6-7H2,1-3H3,(H,16,17)/t13-/m1/s1. The van der Waals surface area contributed by atoms with Crippen molar-refractivity contribution < 1.29 is 23.8 Å². The molecule has 2 rings (SSSR count). The van der Waals surface area contributed by atoms with Crippen molar-refractivity contribution >= 4 is 11.9 Å². The number of nitrogens with one attached hydrogen (secondary N) is 1. The van der Waals surface area contributed by atoms with Gasteiger partial charge in [0.2, 0.25) is 0 Å². The highest BCUT2D eigenvalue weighted by Crippen LogP contribution is 2.30. The molecule has 0 spiro atoms. The molecule has 6 heteroatoms. The average molecular weight is 293 g/mol. The van der Waals surface area contributed by atoms with Gasteiger partial charge in [-0.1, -0.05) is 13.8 Å². The molecule has 1 aliphatic rings. The molecule has 21 heavy (non-hydrogen) atoms. The summed E-state index contributed by atoms with van der Waals surface area (Å²) in [6.07, 6.45) is 0. The number of carbonyl (C=O) groups is 2. The third-order valence-electron chi connectivity index (χ3n) is 3.21. The van der Waals surface area contributed by atoms with Gasteiger partial charge in [-0.3, -0.25) is 4.79 Å². The molecule has 1 aromatic carbocycles. The van der Waals surface area contributed by atoms with Crippen LogP contribution in [0.15, 0.2) is 18.2 Å². The van der Waals surface area contributed by atoms with Gasteiger partial charge >= 0.3 is 5.97 Å². The Morgan fingerprint density at radius 2 is 1.86 bits per heavy atom. The third-order valence-corrected chi connectivity index (χ3v) is 3.21. The van der Waals surface area contributed by atoms with E-state index in [4.69, 9.17) is 14.2 Å². The number of hydrogen-bond acceptors (Lipinski definition) is 5. The summed E-state index contributed by atoms with van der Waals surface area (Å²) in [5.41, 5.74) is 0.411. The maximum absolute atomic E-state index is 12.3. The number of esters is 1. The van der Waals surface area contributed by atoms with Crippen LogP contribution in [-0.4, -0.2) is 38.2 Å². The minimum absolute atomic E-state index is 0.0707. The Morgan fingerprint density at radius 3 is 2.48 bits per heavy atom. The van der Waals surface area contributed by atoms with E-state index in [1.807, 2.05) is 13.8 Å². The van der Waals surface area contributed by atoms with E-state index in [-0.39, 0.29) is 11.8 Å². The topological polar surface area (TPSA) is 73.9 Å². The predicted octanol–water partition coefficient (Wildman–Crippen LogP) is 1.39. The molecule has 1 aromatic rings. The van der Waals surface area contributed by atoms with Crippen LogP contribution < -0.4 is 14.8 Å². The maximum atomic E-state index is 12.3. The van der Waals surface area contributed by atoms with Crippen LogP contribution in [-0.2, 0) is 9.53 Å². The Kier molecular flexibility index (Phi) is 4.67. The van der Waals surface area contributed by atoms with Crippen molar-refractivity contribution in [3.8, 4) is 11.5 Å². The van der Waals surface area contributed by atoms with Crippen molar-refractivity contribution in [1.82, 2.24) is 5.32 Å². The Bertz CT molecular complexity index is 541. The lowest BCUT2D eigenvalue weighted by Crippen LogP contribution is -2.45. The molecule has 0 saturated heterocycles. The van der Waals surface area contributed by atoms with Crippen LogP contribution in [0, 0.1) is 5.92 Å². The minimum Gasteiger partial charge on any atom is -0.486 e. The second kappa shape index (κ2) is 6.47. The molecule has 0 unspecified atom stereocenters. The lowest BCUT2D eigenvalue weighted by atomic mass is 10.0. The van der Waals surface area contributed by atoms with Crippen LogP contribution in [0.4, 0.5) is 0 Å². The van der Waals surface area contributed by atoms with Crippen LogP contribution >= 0.6 is 0 Å². The molecule has 114 valence electrons. The molecule has 1 heterocycles. The summed E-state index contributed by atoms with van der Waals surface area (Å²) in [4.78, 5) is 23.9. The fraction of sp³-hybridized carbons (Fsp3) is 0.467. The second-order valence-corrected chi connectivity index (χ2v) is 5.08. The Labute approximate surface area is 123 Å². The molecule has 1 aliphatic heterocycles. The number of hydrogen-bond donors (Lipinski definition) is 1. The van der Waals surface area contributed by atoms with Crippen molar-refractivity contribution in [1.29, 1.82) is 0 Å². The fourth-order valence-electron chi connectivity index (χ4n) is 2.03. The van der Waals surface area contributed by atoms with Crippen LogP contribution in [0.5, 0.6) is 11.5 Å². The highest BCUT2D eigenvalue weighted by Gasteiger charge is 2.26.